The molecule has 2 radical (unpaired) electrons. The average molecular weight is 161 g/mol. The molecule has 0 aliphatic rings. The number of rotatable bonds is 0. The molecule has 0 aliphatic heterocycles. The maximum absolute atomic E-state index is 5.55. The van der Waals surface area contributed by atoms with Gasteiger partial charge < -0.3 is 0 Å². The van der Waals surface area contributed by atoms with Crippen molar-refractivity contribution in [2.45, 2.75) is 6.92 Å². The van der Waals surface area contributed by atoms with E-state index in [4.69, 9.17) is 6.92 Å². The number of hydrogen-bond donors (Lipinski definition) is 0. The molecule has 1 nitrogen and oxygen atoms in total. The summed E-state index contributed by atoms with van der Waals surface area (Å²) in [6.07, 6.45) is 0. The van der Waals surface area contributed by atoms with Gasteiger partial charge in [-0.3, -0.25) is 0 Å². The normalized spacial score (nSPS) is 10.7. The number of aryl methyl sites for hydroxylation is 1. The molecule has 0 atom stereocenters. The second-order valence-electron chi connectivity index (χ2n) is 2.52. The summed E-state index contributed by atoms with van der Waals surface area (Å²) in [4.78, 5) is 4.15. The molecule has 2 rings (SSSR count). The number of aromatic nitrogens is 1. The molecule has 1 aromatic heterocycles. The van der Waals surface area contributed by atoms with E-state index in [-0.39, 0.29) is 0 Å². The van der Waals surface area contributed by atoms with Crippen molar-refractivity contribution in [3.8, 4) is 0 Å². The lowest BCUT2D eigenvalue weighted by Crippen LogP contribution is -1.70. The summed E-state index contributed by atoms with van der Waals surface area (Å²) in [7, 11) is 0. The van der Waals surface area contributed by atoms with E-state index in [0.717, 1.165) is 5.52 Å². The number of nitrogens with zero attached hydrogens (tertiary/aromatic N) is 1. The molecule has 1 heterocycles. The second kappa shape index (κ2) is 2.31. The Kier molecular flexibility index (Phi) is 1.43. The van der Waals surface area contributed by atoms with Crippen molar-refractivity contribution in [3.05, 3.63) is 35.7 Å². The van der Waals surface area contributed by atoms with Gasteiger partial charge in [-0.2, -0.15) is 0 Å². The Hall–Kier alpha value is -0.890. The SMILES string of the molecule is [CH]c1nc2ccc(C)cc2s1. The van der Waals surface area contributed by atoms with Gasteiger partial charge in [-0.05, 0) is 24.6 Å². The Morgan fingerprint density at radius 3 is 3.09 bits per heavy atom. The monoisotopic (exact) mass is 161 g/mol. The molecule has 0 saturated carbocycles. The van der Waals surface area contributed by atoms with Crippen LogP contribution >= 0.6 is 11.3 Å². The summed E-state index contributed by atoms with van der Waals surface area (Å²) in [5.41, 5.74) is 2.25. The van der Waals surface area contributed by atoms with Gasteiger partial charge in [0.2, 0.25) is 0 Å². The summed E-state index contributed by atoms with van der Waals surface area (Å²) >= 11 is 1.53. The van der Waals surface area contributed by atoms with Gasteiger partial charge in [0.05, 0.1) is 15.2 Å². The molecule has 54 valence electrons. The summed E-state index contributed by atoms with van der Waals surface area (Å²) in [6.45, 7) is 7.61. The van der Waals surface area contributed by atoms with Crippen molar-refractivity contribution < 1.29 is 0 Å². The third-order valence-corrected chi connectivity index (χ3v) is 2.41. The number of hydrogen-bond acceptors (Lipinski definition) is 2. The Morgan fingerprint density at radius 1 is 1.45 bits per heavy atom. The first-order chi connectivity index (χ1) is 5.25. The molecule has 0 bridgehead atoms. The van der Waals surface area contributed by atoms with Crippen LogP contribution in [0.3, 0.4) is 0 Å². The Morgan fingerprint density at radius 2 is 2.27 bits per heavy atom. The van der Waals surface area contributed by atoms with Crippen molar-refractivity contribution in [1.82, 2.24) is 4.98 Å². The van der Waals surface area contributed by atoms with Gasteiger partial charge >= 0.3 is 0 Å². The molecule has 2 heteroatoms. The maximum atomic E-state index is 5.55. The molecule has 0 saturated heterocycles. The van der Waals surface area contributed by atoms with Gasteiger partial charge in [0, 0.05) is 6.92 Å². The molecular formula is C9H7NS. The average Bonchev–Trinajstić information content (AvgIpc) is 2.27. The van der Waals surface area contributed by atoms with Gasteiger partial charge in [-0.1, -0.05) is 6.07 Å². The smallest absolute Gasteiger partial charge is 0.0984 e. The van der Waals surface area contributed by atoms with Gasteiger partial charge in [-0.15, -0.1) is 11.3 Å². The summed E-state index contributed by atoms with van der Waals surface area (Å²) in [6, 6.07) is 6.14. The summed E-state index contributed by atoms with van der Waals surface area (Å²) in [5.74, 6) is 0. The topological polar surface area (TPSA) is 12.9 Å². The van der Waals surface area contributed by atoms with Crippen LogP contribution in [-0.2, 0) is 0 Å². The molecule has 0 spiro atoms. The minimum Gasteiger partial charge on any atom is -0.241 e. The van der Waals surface area contributed by atoms with E-state index in [0.29, 0.717) is 5.01 Å². The van der Waals surface area contributed by atoms with Crippen LogP contribution in [0.4, 0.5) is 0 Å². The highest BCUT2D eigenvalue weighted by molar-refractivity contribution is 7.18. The first-order valence-corrected chi connectivity index (χ1v) is 4.20. The van der Waals surface area contributed by atoms with Crippen molar-refractivity contribution >= 4 is 21.6 Å². The van der Waals surface area contributed by atoms with E-state index < -0.39 is 0 Å². The second-order valence-corrected chi connectivity index (χ2v) is 3.59. The van der Waals surface area contributed by atoms with Crippen LogP contribution < -0.4 is 0 Å². The largest absolute Gasteiger partial charge is 0.241 e. The predicted molar refractivity (Wildman–Crippen MR) is 47.8 cm³/mol. The molecule has 0 fully saturated rings. The molecule has 0 aliphatic carbocycles. The lowest BCUT2D eigenvalue weighted by Gasteiger charge is -1.88. The minimum absolute atomic E-state index is 0.644. The highest BCUT2D eigenvalue weighted by Gasteiger charge is 1.98. The molecule has 0 unspecified atom stereocenters. The Bertz CT molecular complexity index is 389. The van der Waals surface area contributed by atoms with Crippen LogP contribution in [0.1, 0.15) is 10.6 Å². The first kappa shape index (κ1) is 6.80. The molecule has 0 N–H and O–H groups in total. The van der Waals surface area contributed by atoms with E-state index in [1.54, 1.807) is 0 Å². The highest BCUT2D eigenvalue weighted by Crippen LogP contribution is 2.21. The van der Waals surface area contributed by atoms with Crippen molar-refractivity contribution in [3.63, 3.8) is 0 Å². The van der Waals surface area contributed by atoms with Gasteiger partial charge in [-0.25, -0.2) is 4.98 Å². The number of benzene rings is 1. The van der Waals surface area contributed by atoms with Crippen LogP contribution in [0.25, 0.3) is 10.2 Å². The lowest BCUT2D eigenvalue weighted by molar-refractivity contribution is 1.42. The van der Waals surface area contributed by atoms with Crippen LogP contribution in [0.15, 0.2) is 18.2 Å². The fourth-order valence-electron chi connectivity index (χ4n) is 1.05. The standard InChI is InChI=1S/C9H7NS/c1-6-3-4-8-9(5-6)11-7(2)10-8/h2-5H,1H3. The number of fused-ring (bicyclic) bond motifs is 1. The van der Waals surface area contributed by atoms with E-state index in [9.17, 15) is 0 Å². The van der Waals surface area contributed by atoms with Crippen molar-refractivity contribution in [2.24, 2.45) is 0 Å². The Labute approximate surface area is 69.7 Å². The predicted octanol–water partition coefficient (Wildman–Crippen LogP) is 2.66. The molecule has 0 amide bonds. The fraction of sp³-hybridized carbons (Fsp3) is 0.111. The Balaban J connectivity index is 2.82. The van der Waals surface area contributed by atoms with Gasteiger partial charge in [0.15, 0.2) is 0 Å². The highest BCUT2D eigenvalue weighted by atomic mass is 32.1. The summed E-state index contributed by atoms with van der Waals surface area (Å²) in [5, 5.41) is 0.644. The van der Waals surface area contributed by atoms with Gasteiger partial charge in [0.1, 0.15) is 0 Å². The first-order valence-electron chi connectivity index (χ1n) is 3.38. The maximum Gasteiger partial charge on any atom is 0.0984 e. The third kappa shape index (κ3) is 1.14. The minimum atomic E-state index is 0.644. The van der Waals surface area contributed by atoms with Crippen molar-refractivity contribution in [1.29, 1.82) is 0 Å². The van der Waals surface area contributed by atoms with Crippen LogP contribution in [-0.4, -0.2) is 4.98 Å². The van der Waals surface area contributed by atoms with E-state index in [2.05, 4.69) is 18.0 Å². The number of thiazole rings is 1. The van der Waals surface area contributed by atoms with Crippen molar-refractivity contribution in [2.75, 3.05) is 0 Å². The zero-order valence-corrected chi connectivity index (χ0v) is 6.98. The zero-order chi connectivity index (χ0) is 7.84. The fourth-order valence-corrected chi connectivity index (χ4v) is 1.88. The molecular weight excluding hydrogens is 154 g/mol. The molecule has 11 heavy (non-hydrogen) atoms. The molecule has 2 aromatic rings. The van der Waals surface area contributed by atoms with E-state index in [1.165, 1.54) is 21.6 Å². The van der Waals surface area contributed by atoms with E-state index >= 15 is 0 Å². The van der Waals surface area contributed by atoms with Crippen LogP contribution in [0.2, 0.25) is 0 Å². The van der Waals surface area contributed by atoms with Crippen LogP contribution in [0, 0.1) is 13.8 Å². The zero-order valence-electron chi connectivity index (χ0n) is 6.16. The third-order valence-electron chi connectivity index (χ3n) is 1.56. The van der Waals surface area contributed by atoms with Gasteiger partial charge in [0.25, 0.3) is 0 Å². The summed E-state index contributed by atoms with van der Waals surface area (Å²) < 4.78 is 1.17. The lowest BCUT2D eigenvalue weighted by atomic mass is 10.2. The van der Waals surface area contributed by atoms with E-state index in [1.807, 2.05) is 12.1 Å². The van der Waals surface area contributed by atoms with Crippen LogP contribution in [0.5, 0.6) is 0 Å². The quantitative estimate of drug-likeness (QED) is 0.579. The molecule has 1 aromatic carbocycles.